The van der Waals surface area contributed by atoms with E-state index in [4.69, 9.17) is 14.2 Å². The molecule has 0 saturated heterocycles. The summed E-state index contributed by atoms with van der Waals surface area (Å²) in [6, 6.07) is 12.3. The molecule has 7 nitrogen and oxygen atoms in total. The number of carbonyl (C=O) groups excluding carboxylic acids is 2. The van der Waals surface area contributed by atoms with Crippen LogP contribution in [0.5, 0.6) is 11.5 Å². The van der Waals surface area contributed by atoms with Crippen LogP contribution in [0.3, 0.4) is 0 Å². The summed E-state index contributed by atoms with van der Waals surface area (Å²) in [6.07, 6.45) is 0.344. The molecule has 0 bridgehead atoms. The minimum absolute atomic E-state index is 0.0244. The fraction of sp³-hybridized carbons (Fsp3) is 0.391. The average Bonchev–Trinajstić information content (AvgIpc) is 3.25. The molecule has 2 N–H and O–H groups in total. The average molecular weight is 413 g/mol. The van der Waals surface area contributed by atoms with Gasteiger partial charge in [-0.1, -0.05) is 0 Å². The Kier molecular flexibility index (Phi) is 7.68. The highest BCUT2D eigenvalue weighted by atomic mass is 16.7. The smallest absolute Gasteiger partial charge is 0.338 e. The number of quaternary nitrogens is 1. The van der Waals surface area contributed by atoms with E-state index in [1.54, 1.807) is 30.3 Å². The second-order valence-electron chi connectivity index (χ2n) is 7.09. The summed E-state index contributed by atoms with van der Waals surface area (Å²) in [5.74, 6) is 0.981. The Morgan fingerprint density at radius 2 is 1.70 bits per heavy atom. The quantitative estimate of drug-likeness (QED) is 0.434. The number of nitrogens with one attached hydrogen (secondary N) is 2. The third kappa shape index (κ3) is 5.73. The molecule has 0 fully saturated rings. The van der Waals surface area contributed by atoms with E-state index in [0.29, 0.717) is 42.2 Å². The van der Waals surface area contributed by atoms with E-state index in [1.165, 1.54) is 4.90 Å². The molecule has 2 aromatic rings. The zero-order valence-corrected chi connectivity index (χ0v) is 17.5. The van der Waals surface area contributed by atoms with Crippen LogP contribution in [-0.2, 0) is 4.74 Å². The number of hydrogen-bond acceptors (Lipinski definition) is 6. The predicted octanol–water partition coefficient (Wildman–Crippen LogP) is 2.18. The van der Waals surface area contributed by atoms with Crippen molar-refractivity contribution in [3.63, 3.8) is 0 Å². The molecule has 1 heterocycles. The molecule has 0 saturated carbocycles. The molecular weight excluding hydrogens is 384 g/mol. The molecule has 0 amide bonds. The largest absolute Gasteiger partial charge is 0.456 e. The fourth-order valence-corrected chi connectivity index (χ4v) is 3.23. The van der Waals surface area contributed by atoms with Gasteiger partial charge in [0.2, 0.25) is 6.79 Å². The summed E-state index contributed by atoms with van der Waals surface area (Å²) in [5, 5.41) is 3.20. The number of anilines is 1. The number of fused-ring (bicyclic) bond motifs is 1. The number of ketones is 1. The highest BCUT2D eigenvalue weighted by Crippen LogP contribution is 2.32. The van der Waals surface area contributed by atoms with Gasteiger partial charge in [0.25, 0.3) is 0 Å². The van der Waals surface area contributed by atoms with Crippen LogP contribution in [-0.4, -0.2) is 51.3 Å². The highest BCUT2D eigenvalue weighted by Gasteiger charge is 2.16. The fourth-order valence-electron chi connectivity index (χ4n) is 3.23. The molecule has 0 atom stereocenters. The molecule has 0 spiro atoms. The van der Waals surface area contributed by atoms with Crippen molar-refractivity contribution in [1.82, 2.24) is 0 Å². The van der Waals surface area contributed by atoms with E-state index >= 15 is 0 Å². The second-order valence-corrected chi connectivity index (χ2v) is 7.09. The van der Waals surface area contributed by atoms with Crippen LogP contribution in [0.2, 0.25) is 0 Å². The van der Waals surface area contributed by atoms with Gasteiger partial charge >= 0.3 is 5.97 Å². The molecular formula is C23H29N2O5+. The number of Topliss-reactive ketones (excluding diaryl/α,β-unsaturated/α-hetero) is 1. The normalized spacial score (nSPS) is 12.1. The predicted molar refractivity (Wildman–Crippen MR) is 114 cm³/mol. The van der Waals surface area contributed by atoms with Gasteiger partial charge in [-0.3, -0.25) is 4.79 Å². The van der Waals surface area contributed by atoms with Crippen LogP contribution in [0.1, 0.15) is 41.0 Å². The van der Waals surface area contributed by atoms with Gasteiger partial charge in [-0.25, -0.2) is 4.79 Å². The number of ether oxygens (including phenoxy) is 3. The van der Waals surface area contributed by atoms with Gasteiger partial charge in [-0.2, -0.15) is 0 Å². The summed E-state index contributed by atoms with van der Waals surface area (Å²) in [5.41, 5.74) is 1.97. The van der Waals surface area contributed by atoms with Gasteiger partial charge in [0.05, 0.1) is 18.7 Å². The van der Waals surface area contributed by atoms with E-state index in [1.807, 2.05) is 12.1 Å². The third-order valence-electron chi connectivity index (χ3n) is 5.19. The first kappa shape index (κ1) is 21.6. The van der Waals surface area contributed by atoms with E-state index in [9.17, 15) is 9.59 Å². The van der Waals surface area contributed by atoms with Crippen LogP contribution in [0.25, 0.3) is 0 Å². The van der Waals surface area contributed by atoms with Gasteiger partial charge in [0.15, 0.2) is 17.3 Å². The van der Waals surface area contributed by atoms with Gasteiger partial charge in [0.1, 0.15) is 13.2 Å². The minimum atomic E-state index is -0.314. The lowest BCUT2D eigenvalue weighted by atomic mass is 10.1. The zero-order valence-electron chi connectivity index (χ0n) is 17.5. The molecule has 2 aromatic carbocycles. The Labute approximate surface area is 176 Å². The topological polar surface area (TPSA) is 78.3 Å². The number of hydrogen-bond donors (Lipinski definition) is 2. The number of benzene rings is 2. The van der Waals surface area contributed by atoms with Crippen molar-refractivity contribution in [2.24, 2.45) is 0 Å². The lowest BCUT2D eigenvalue weighted by molar-refractivity contribution is -0.896. The van der Waals surface area contributed by atoms with Crippen molar-refractivity contribution in [1.29, 1.82) is 0 Å². The molecule has 3 rings (SSSR count). The maximum absolute atomic E-state index is 12.4. The Morgan fingerprint density at radius 3 is 2.43 bits per heavy atom. The highest BCUT2D eigenvalue weighted by molar-refractivity contribution is 5.97. The Bertz CT molecular complexity index is 862. The van der Waals surface area contributed by atoms with Crippen LogP contribution < -0.4 is 19.7 Å². The van der Waals surface area contributed by atoms with Gasteiger partial charge in [-0.05, 0) is 56.3 Å². The molecule has 0 radical (unpaired) electrons. The molecule has 7 heteroatoms. The zero-order chi connectivity index (χ0) is 21.3. The van der Waals surface area contributed by atoms with E-state index in [0.717, 1.165) is 25.3 Å². The first-order valence-corrected chi connectivity index (χ1v) is 10.4. The summed E-state index contributed by atoms with van der Waals surface area (Å²) in [4.78, 5) is 25.9. The van der Waals surface area contributed by atoms with Gasteiger partial charge in [0, 0.05) is 24.2 Å². The van der Waals surface area contributed by atoms with Crippen LogP contribution in [0, 0.1) is 0 Å². The Morgan fingerprint density at radius 1 is 1.00 bits per heavy atom. The Balaban J connectivity index is 1.42. The lowest BCUT2D eigenvalue weighted by Gasteiger charge is -2.15. The monoisotopic (exact) mass is 413 g/mol. The summed E-state index contributed by atoms with van der Waals surface area (Å²) in [7, 11) is 0. The first-order valence-electron chi connectivity index (χ1n) is 10.4. The number of rotatable bonds is 11. The molecule has 30 heavy (non-hydrogen) atoms. The number of likely N-dealkylation sites (N-methyl/N-ethyl adjacent to an activating group) is 1. The molecule has 0 aromatic heterocycles. The van der Waals surface area contributed by atoms with Crippen LogP contribution >= 0.6 is 0 Å². The standard InChI is InChI=1S/C23H28N2O5/c1-3-25(4-2)13-14-28-23(27)17-5-8-19(9-6-17)24-12-11-20(26)18-7-10-21-22(15-18)30-16-29-21/h5-10,15,24H,3-4,11-14,16H2,1-2H3/p+1. The first-order chi connectivity index (χ1) is 14.6. The maximum Gasteiger partial charge on any atom is 0.338 e. The van der Waals surface area contributed by atoms with Crippen molar-refractivity contribution >= 4 is 17.4 Å². The molecule has 0 unspecified atom stereocenters. The van der Waals surface area contributed by atoms with Crippen LogP contribution in [0.4, 0.5) is 5.69 Å². The summed E-state index contributed by atoms with van der Waals surface area (Å²) < 4.78 is 15.9. The van der Waals surface area contributed by atoms with Crippen molar-refractivity contribution < 1.29 is 28.7 Å². The molecule has 160 valence electrons. The van der Waals surface area contributed by atoms with E-state index in [-0.39, 0.29) is 18.5 Å². The number of carbonyl (C=O) groups is 2. The molecule has 1 aliphatic heterocycles. The third-order valence-corrected chi connectivity index (χ3v) is 5.19. The van der Waals surface area contributed by atoms with Crippen molar-refractivity contribution in [2.75, 3.05) is 44.9 Å². The van der Waals surface area contributed by atoms with E-state index in [2.05, 4.69) is 19.2 Å². The van der Waals surface area contributed by atoms with Crippen molar-refractivity contribution in [3.05, 3.63) is 53.6 Å². The summed E-state index contributed by atoms with van der Waals surface area (Å²) in [6.45, 7) is 8.19. The lowest BCUT2D eigenvalue weighted by Crippen LogP contribution is -3.11. The minimum Gasteiger partial charge on any atom is -0.456 e. The van der Waals surface area contributed by atoms with Crippen molar-refractivity contribution in [2.45, 2.75) is 20.3 Å². The molecule has 1 aliphatic rings. The molecule has 0 aliphatic carbocycles. The Hall–Kier alpha value is -3.06. The number of esters is 1. The maximum atomic E-state index is 12.4. The van der Waals surface area contributed by atoms with Crippen molar-refractivity contribution in [3.8, 4) is 11.5 Å². The second kappa shape index (κ2) is 10.6. The SMILES string of the molecule is CC[NH+](CC)CCOC(=O)c1ccc(NCCC(=O)c2ccc3c(c2)OCO3)cc1. The van der Waals surface area contributed by atoms with Gasteiger partial charge in [-0.15, -0.1) is 0 Å². The van der Waals surface area contributed by atoms with E-state index < -0.39 is 0 Å². The van der Waals surface area contributed by atoms with Crippen LogP contribution in [0.15, 0.2) is 42.5 Å². The van der Waals surface area contributed by atoms with Gasteiger partial charge < -0.3 is 24.4 Å². The summed E-state index contributed by atoms with van der Waals surface area (Å²) >= 11 is 0.